The van der Waals surface area contributed by atoms with Crippen LogP contribution < -0.4 is 14.4 Å². The molecular formula is C30H43N3O5S. The van der Waals surface area contributed by atoms with Gasteiger partial charge in [-0.2, -0.15) is 0 Å². The normalized spacial score (nSPS) is 14.9. The highest BCUT2D eigenvalue weighted by atomic mass is 32.2. The number of anilines is 1. The molecular weight excluding hydrogens is 514 g/mol. The van der Waals surface area contributed by atoms with Gasteiger partial charge in [0.2, 0.25) is 21.8 Å². The van der Waals surface area contributed by atoms with Crippen LogP contribution >= 0.6 is 0 Å². The van der Waals surface area contributed by atoms with Crippen molar-refractivity contribution in [2.75, 3.05) is 24.2 Å². The van der Waals surface area contributed by atoms with Gasteiger partial charge in [0.25, 0.3) is 0 Å². The van der Waals surface area contributed by atoms with Crippen molar-refractivity contribution in [3.05, 3.63) is 59.2 Å². The van der Waals surface area contributed by atoms with Crippen LogP contribution in [0.2, 0.25) is 0 Å². The molecule has 0 unspecified atom stereocenters. The Hall–Kier alpha value is -3.07. The second-order valence-electron chi connectivity index (χ2n) is 10.5. The molecule has 3 rings (SSSR count). The maximum atomic E-state index is 13.6. The first kappa shape index (κ1) is 30.5. The summed E-state index contributed by atoms with van der Waals surface area (Å²) >= 11 is 0. The fourth-order valence-corrected chi connectivity index (χ4v) is 6.08. The Balaban J connectivity index is 1.74. The van der Waals surface area contributed by atoms with Crippen molar-refractivity contribution < 1.29 is 22.7 Å². The van der Waals surface area contributed by atoms with Crippen LogP contribution in [0.1, 0.15) is 68.6 Å². The van der Waals surface area contributed by atoms with Crippen molar-refractivity contribution in [3.63, 3.8) is 0 Å². The minimum atomic E-state index is -3.54. The molecule has 2 aromatic rings. The first-order chi connectivity index (χ1) is 18.5. The molecule has 2 amide bonds. The Morgan fingerprint density at radius 1 is 1.05 bits per heavy atom. The predicted molar refractivity (Wildman–Crippen MR) is 155 cm³/mol. The Labute approximate surface area is 233 Å². The molecule has 1 aliphatic carbocycles. The Kier molecular flexibility index (Phi) is 10.8. The highest BCUT2D eigenvalue weighted by Crippen LogP contribution is 2.26. The minimum absolute atomic E-state index is 0.119. The van der Waals surface area contributed by atoms with Crippen LogP contribution in [0, 0.1) is 13.8 Å². The number of amides is 2. The summed E-state index contributed by atoms with van der Waals surface area (Å²) < 4.78 is 31.9. The van der Waals surface area contributed by atoms with E-state index in [9.17, 15) is 18.0 Å². The molecule has 9 heteroatoms. The van der Waals surface area contributed by atoms with Crippen molar-refractivity contribution >= 4 is 27.5 Å². The number of carbonyl (C=O) groups is 2. The van der Waals surface area contributed by atoms with Gasteiger partial charge in [-0.15, -0.1) is 0 Å². The van der Waals surface area contributed by atoms with E-state index in [2.05, 4.69) is 5.32 Å². The average Bonchev–Trinajstić information content (AvgIpc) is 2.91. The number of nitrogens with one attached hydrogen (secondary N) is 1. The quantitative estimate of drug-likeness (QED) is 0.407. The molecule has 214 valence electrons. The summed E-state index contributed by atoms with van der Waals surface area (Å²) in [6.07, 6.45) is 6.95. The highest BCUT2D eigenvalue weighted by molar-refractivity contribution is 7.92. The van der Waals surface area contributed by atoms with Crippen LogP contribution in [0.4, 0.5) is 5.69 Å². The number of nitrogens with zero attached hydrogens (tertiary/aromatic N) is 2. The van der Waals surface area contributed by atoms with Crippen LogP contribution in [0.5, 0.6) is 5.75 Å². The lowest BCUT2D eigenvalue weighted by Gasteiger charge is -2.31. The lowest BCUT2D eigenvalue weighted by Crippen LogP contribution is -2.50. The van der Waals surface area contributed by atoms with Crippen molar-refractivity contribution in [3.8, 4) is 5.75 Å². The third-order valence-corrected chi connectivity index (χ3v) is 8.81. The number of methoxy groups -OCH3 is 1. The van der Waals surface area contributed by atoms with Gasteiger partial charge in [0, 0.05) is 25.6 Å². The zero-order chi connectivity index (χ0) is 28.6. The molecule has 0 saturated heterocycles. The van der Waals surface area contributed by atoms with Crippen molar-refractivity contribution in [2.45, 2.75) is 84.3 Å². The number of aryl methyl sites for hydroxylation is 1. The zero-order valence-corrected chi connectivity index (χ0v) is 24.7. The molecule has 39 heavy (non-hydrogen) atoms. The second kappa shape index (κ2) is 13.8. The highest BCUT2D eigenvalue weighted by Gasteiger charge is 2.28. The summed E-state index contributed by atoms with van der Waals surface area (Å²) in [6.45, 7) is 6.05. The van der Waals surface area contributed by atoms with Crippen molar-refractivity contribution in [1.29, 1.82) is 0 Å². The third kappa shape index (κ3) is 8.46. The molecule has 1 atom stereocenters. The molecule has 0 aliphatic heterocycles. The van der Waals surface area contributed by atoms with Crippen LogP contribution in [0.15, 0.2) is 42.5 Å². The number of sulfonamides is 1. The lowest BCUT2D eigenvalue weighted by molar-refractivity contribution is -0.141. The van der Waals surface area contributed by atoms with E-state index in [1.165, 1.54) is 17.0 Å². The van der Waals surface area contributed by atoms with Gasteiger partial charge in [0.1, 0.15) is 11.8 Å². The average molecular weight is 558 g/mol. The minimum Gasteiger partial charge on any atom is -0.497 e. The summed E-state index contributed by atoms with van der Waals surface area (Å²) in [5.41, 5.74) is 3.40. The monoisotopic (exact) mass is 557 g/mol. The standard InChI is InChI=1S/C30H43N3O5S/c1-22-11-9-14-28(23(22)2)33(39(5,36)37)20-10-15-29(34)32(21-25-16-18-27(38-4)19-17-25)24(3)30(35)31-26-12-7-6-8-13-26/h9,11,14,16-19,24,26H,6-8,10,12-13,15,20-21H2,1-5H3,(H,31,35)/t24-/m0/s1. The van der Waals surface area contributed by atoms with Crippen LogP contribution in [-0.2, 0) is 26.2 Å². The summed E-state index contributed by atoms with van der Waals surface area (Å²) in [4.78, 5) is 28.4. The maximum Gasteiger partial charge on any atom is 0.242 e. The number of carbonyl (C=O) groups excluding carboxylic acids is 2. The van der Waals surface area contributed by atoms with Gasteiger partial charge in [-0.3, -0.25) is 13.9 Å². The van der Waals surface area contributed by atoms with E-state index >= 15 is 0 Å². The Morgan fingerprint density at radius 3 is 2.33 bits per heavy atom. The second-order valence-corrected chi connectivity index (χ2v) is 12.5. The van der Waals surface area contributed by atoms with Gasteiger partial charge in [-0.1, -0.05) is 43.5 Å². The number of hydrogen-bond donors (Lipinski definition) is 1. The van der Waals surface area contributed by atoms with Crippen molar-refractivity contribution in [1.82, 2.24) is 10.2 Å². The van der Waals surface area contributed by atoms with E-state index in [0.717, 1.165) is 42.4 Å². The summed E-state index contributed by atoms with van der Waals surface area (Å²) in [5.74, 6) is 0.371. The number of benzene rings is 2. The molecule has 1 N–H and O–H groups in total. The van der Waals surface area contributed by atoms with E-state index in [1.807, 2.05) is 50.2 Å². The first-order valence-corrected chi connectivity index (χ1v) is 15.6. The number of rotatable bonds is 12. The third-order valence-electron chi connectivity index (χ3n) is 7.63. The number of ether oxygens (including phenoxy) is 1. The Bertz CT molecular complexity index is 1220. The molecule has 0 radical (unpaired) electrons. The molecule has 1 saturated carbocycles. The molecule has 0 bridgehead atoms. The van der Waals surface area contributed by atoms with Crippen LogP contribution in [-0.4, -0.2) is 57.1 Å². The molecule has 1 fully saturated rings. The van der Waals surface area contributed by atoms with Crippen molar-refractivity contribution in [2.24, 2.45) is 0 Å². The van der Waals surface area contributed by atoms with Gasteiger partial charge >= 0.3 is 0 Å². The van der Waals surface area contributed by atoms with Gasteiger partial charge in [-0.25, -0.2) is 8.42 Å². The smallest absolute Gasteiger partial charge is 0.242 e. The van der Waals surface area contributed by atoms with Gasteiger partial charge in [-0.05, 0) is 74.9 Å². The fourth-order valence-electron chi connectivity index (χ4n) is 5.07. The molecule has 0 aromatic heterocycles. The topological polar surface area (TPSA) is 96.0 Å². The van der Waals surface area contributed by atoms with E-state index in [0.29, 0.717) is 17.9 Å². The van der Waals surface area contributed by atoms with Crippen LogP contribution in [0.3, 0.4) is 0 Å². The first-order valence-electron chi connectivity index (χ1n) is 13.8. The van der Waals surface area contributed by atoms with Gasteiger partial charge in [0.15, 0.2) is 0 Å². The summed E-state index contributed by atoms with van der Waals surface area (Å²) in [5, 5.41) is 3.14. The van der Waals surface area contributed by atoms with Gasteiger partial charge < -0.3 is 15.0 Å². The lowest BCUT2D eigenvalue weighted by atomic mass is 9.95. The molecule has 2 aromatic carbocycles. The number of hydrogen-bond acceptors (Lipinski definition) is 5. The molecule has 8 nitrogen and oxygen atoms in total. The molecule has 0 spiro atoms. The van der Waals surface area contributed by atoms with E-state index in [-0.39, 0.29) is 37.4 Å². The zero-order valence-electron chi connectivity index (χ0n) is 23.9. The summed E-state index contributed by atoms with van der Waals surface area (Å²) in [7, 11) is -1.95. The largest absolute Gasteiger partial charge is 0.497 e. The van der Waals surface area contributed by atoms with Crippen LogP contribution in [0.25, 0.3) is 0 Å². The Morgan fingerprint density at radius 2 is 1.72 bits per heavy atom. The van der Waals surface area contributed by atoms with E-state index < -0.39 is 16.1 Å². The summed E-state index contributed by atoms with van der Waals surface area (Å²) in [6, 6.07) is 12.5. The SMILES string of the molecule is COc1ccc(CN(C(=O)CCCN(c2cccc(C)c2C)S(C)(=O)=O)[C@@H](C)C(=O)NC2CCCCC2)cc1. The fraction of sp³-hybridized carbons (Fsp3) is 0.533. The van der Waals surface area contributed by atoms with Gasteiger partial charge in [0.05, 0.1) is 19.1 Å². The maximum absolute atomic E-state index is 13.6. The molecule has 1 aliphatic rings. The van der Waals surface area contributed by atoms with E-state index in [1.54, 1.807) is 25.0 Å². The predicted octanol–water partition coefficient (Wildman–Crippen LogP) is 4.72. The molecule has 0 heterocycles. The van der Waals surface area contributed by atoms with E-state index in [4.69, 9.17) is 4.74 Å².